The lowest BCUT2D eigenvalue weighted by molar-refractivity contribution is -0.165. The molecule has 3 rings (SSSR count). The Kier molecular flexibility index (Phi) is 9.00. The van der Waals surface area contributed by atoms with Gasteiger partial charge >= 0.3 is 12.1 Å². The van der Waals surface area contributed by atoms with E-state index in [0.717, 1.165) is 22.3 Å². The molecular weight excluding hydrogens is 440 g/mol. The van der Waals surface area contributed by atoms with E-state index in [1.807, 2.05) is 31.2 Å². The van der Waals surface area contributed by atoms with E-state index in [0.29, 0.717) is 6.42 Å². The van der Waals surface area contributed by atoms with Crippen molar-refractivity contribution in [3.8, 4) is 11.1 Å². The molecule has 0 saturated carbocycles. The predicted molar refractivity (Wildman–Crippen MR) is 124 cm³/mol. The average Bonchev–Trinajstić information content (AvgIpc) is 3.16. The van der Waals surface area contributed by atoms with Gasteiger partial charge in [0, 0.05) is 26.0 Å². The first-order valence-electron chi connectivity index (χ1n) is 11.2. The topological polar surface area (TPSA) is 123 Å². The second kappa shape index (κ2) is 12.2. The molecule has 0 heterocycles. The minimum absolute atomic E-state index is 0.0302. The van der Waals surface area contributed by atoms with Crippen LogP contribution in [0.3, 0.4) is 0 Å². The molecule has 0 aromatic heterocycles. The lowest BCUT2D eigenvalue weighted by Gasteiger charge is -2.18. The van der Waals surface area contributed by atoms with Crippen LogP contribution in [-0.4, -0.2) is 56.0 Å². The van der Waals surface area contributed by atoms with Crippen molar-refractivity contribution in [2.75, 3.05) is 26.9 Å². The standard InChI is InChI=1S/C25H30N2O7/c1-3-16(12-23(28)27-34-22(15-32-2)24(29)30)13-26-25(31)33-14-21-19-10-6-4-8-17(19)18-9-5-7-11-20(18)21/h4-11,16,21-22H,3,12-15H2,1-2H3,(H,26,31)(H,27,28)(H,29,30). The predicted octanol–water partition coefficient (Wildman–Crippen LogP) is 3.09. The number of fused-ring (bicyclic) bond motifs is 3. The number of benzene rings is 2. The fraction of sp³-hybridized carbons (Fsp3) is 0.400. The van der Waals surface area contributed by atoms with Crippen molar-refractivity contribution in [2.24, 2.45) is 5.92 Å². The van der Waals surface area contributed by atoms with Crippen molar-refractivity contribution in [2.45, 2.75) is 31.8 Å². The first-order valence-corrected chi connectivity index (χ1v) is 11.2. The third-order valence-electron chi connectivity index (χ3n) is 5.84. The Labute approximate surface area is 198 Å². The molecule has 2 aromatic carbocycles. The summed E-state index contributed by atoms with van der Waals surface area (Å²) in [6, 6.07) is 16.2. The highest BCUT2D eigenvalue weighted by atomic mass is 16.7. The van der Waals surface area contributed by atoms with E-state index < -0.39 is 24.1 Å². The van der Waals surface area contributed by atoms with Crippen molar-refractivity contribution >= 4 is 18.0 Å². The molecular formula is C25H30N2O7. The number of ether oxygens (including phenoxy) is 2. The van der Waals surface area contributed by atoms with E-state index in [2.05, 4.69) is 35.1 Å². The maximum absolute atomic E-state index is 12.4. The minimum Gasteiger partial charge on any atom is -0.479 e. The van der Waals surface area contributed by atoms with Crippen molar-refractivity contribution < 1.29 is 33.8 Å². The Bertz CT molecular complexity index is 965. The van der Waals surface area contributed by atoms with Crippen molar-refractivity contribution in [1.82, 2.24) is 10.8 Å². The van der Waals surface area contributed by atoms with Gasteiger partial charge in [-0.1, -0.05) is 61.9 Å². The molecule has 1 aliphatic rings. The molecule has 0 saturated heterocycles. The van der Waals surface area contributed by atoms with E-state index in [-0.39, 0.29) is 38.0 Å². The lowest BCUT2D eigenvalue weighted by atomic mass is 9.98. The Balaban J connectivity index is 1.46. The monoisotopic (exact) mass is 470 g/mol. The molecule has 2 unspecified atom stereocenters. The van der Waals surface area contributed by atoms with Crippen LogP contribution in [0.4, 0.5) is 4.79 Å². The third-order valence-corrected chi connectivity index (χ3v) is 5.84. The van der Waals surface area contributed by atoms with Crippen molar-refractivity contribution in [1.29, 1.82) is 0 Å². The zero-order chi connectivity index (χ0) is 24.5. The summed E-state index contributed by atoms with van der Waals surface area (Å²) in [4.78, 5) is 40.4. The molecule has 182 valence electrons. The molecule has 0 bridgehead atoms. The van der Waals surface area contributed by atoms with Crippen LogP contribution in [0.25, 0.3) is 11.1 Å². The zero-order valence-electron chi connectivity index (χ0n) is 19.3. The molecule has 0 fully saturated rings. The number of carbonyl (C=O) groups is 3. The highest BCUT2D eigenvalue weighted by molar-refractivity contribution is 5.79. The van der Waals surface area contributed by atoms with Gasteiger partial charge in [0.25, 0.3) is 0 Å². The number of carboxylic acid groups (broad SMARTS) is 1. The number of hydrogen-bond acceptors (Lipinski definition) is 6. The summed E-state index contributed by atoms with van der Waals surface area (Å²) in [5, 5.41) is 11.7. The summed E-state index contributed by atoms with van der Waals surface area (Å²) >= 11 is 0. The molecule has 9 heteroatoms. The third kappa shape index (κ3) is 6.33. The maximum Gasteiger partial charge on any atom is 0.407 e. The van der Waals surface area contributed by atoms with Crippen LogP contribution < -0.4 is 10.8 Å². The molecule has 0 spiro atoms. The molecule has 2 aromatic rings. The van der Waals surface area contributed by atoms with Gasteiger partial charge in [-0.3, -0.25) is 9.63 Å². The van der Waals surface area contributed by atoms with Gasteiger partial charge in [0.15, 0.2) is 0 Å². The van der Waals surface area contributed by atoms with Gasteiger partial charge in [-0.05, 0) is 28.2 Å². The number of hydroxylamine groups is 1. The van der Waals surface area contributed by atoms with E-state index in [1.54, 1.807) is 0 Å². The largest absolute Gasteiger partial charge is 0.479 e. The number of alkyl carbamates (subject to hydrolysis) is 1. The van der Waals surface area contributed by atoms with Crippen molar-refractivity contribution in [3.05, 3.63) is 59.7 Å². The van der Waals surface area contributed by atoms with Gasteiger partial charge in [-0.2, -0.15) is 0 Å². The van der Waals surface area contributed by atoms with Crippen molar-refractivity contribution in [3.63, 3.8) is 0 Å². The van der Waals surface area contributed by atoms with Gasteiger partial charge in [-0.15, -0.1) is 0 Å². The van der Waals surface area contributed by atoms with Gasteiger partial charge in [0.2, 0.25) is 12.0 Å². The highest BCUT2D eigenvalue weighted by Gasteiger charge is 2.29. The van der Waals surface area contributed by atoms with Crippen LogP contribution in [0.1, 0.15) is 36.8 Å². The van der Waals surface area contributed by atoms with Crippen LogP contribution in [0.2, 0.25) is 0 Å². The van der Waals surface area contributed by atoms with Gasteiger partial charge < -0.3 is 19.9 Å². The summed E-state index contributed by atoms with van der Waals surface area (Å²) in [5.74, 6) is -1.93. The second-order valence-electron chi connectivity index (χ2n) is 8.11. The smallest absolute Gasteiger partial charge is 0.407 e. The lowest BCUT2D eigenvalue weighted by Crippen LogP contribution is -2.38. The number of amides is 2. The van der Waals surface area contributed by atoms with Gasteiger partial charge in [-0.25, -0.2) is 15.1 Å². The SMILES string of the molecule is CCC(CNC(=O)OCC1c2ccccc2-c2ccccc21)CC(=O)NOC(COC)C(=O)O. The molecule has 1 aliphatic carbocycles. The molecule has 0 aliphatic heterocycles. The number of hydrogen-bond donors (Lipinski definition) is 3. The van der Waals surface area contributed by atoms with Gasteiger partial charge in [0.05, 0.1) is 6.61 Å². The van der Waals surface area contributed by atoms with Crippen LogP contribution in [0.15, 0.2) is 48.5 Å². The van der Waals surface area contributed by atoms with Crippen LogP contribution in [-0.2, 0) is 23.9 Å². The van der Waals surface area contributed by atoms with E-state index >= 15 is 0 Å². The summed E-state index contributed by atoms with van der Waals surface area (Å²) in [6.07, 6.45) is -1.17. The highest BCUT2D eigenvalue weighted by Crippen LogP contribution is 2.44. The molecule has 9 nitrogen and oxygen atoms in total. The Hall–Kier alpha value is -3.43. The average molecular weight is 471 g/mol. The van der Waals surface area contributed by atoms with E-state index in [9.17, 15) is 14.4 Å². The summed E-state index contributed by atoms with van der Waals surface area (Å²) in [6.45, 7) is 2.14. The summed E-state index contributed by atoms with van der Waals surface area (Å²) < 4.78 is 10.3. The summed E-state index contributed by atoms with van der Waals surface area (Å²) in [7, 11) is 1.34. The molecule has 3 N–H and O–H groups in total. The quantitative estimate of drug-likeness (QED) is 0.407. The first kappa shape index (κ1) is 25.2. The Morgan fingerprint density at radius 2 is 1.65 bits per heavy atom. The van der Waals surface area contributed by atoms with Crippen LogP contribution >= 0.6 is 0 Å². The second-order valence-corrected chi connectivity index (χ2v) is 8.11. The molecule has 2 atom stereocenters. The number of methoxy groups -OCH3 is 1. The number of nitrogens with one attached hydrogen (secondary N) is 2. The number of carbonyl (C=O) groups excluding carboxylic acids is 2. The minimum atomic E-state index is -1.30. The van der Waals surface area contributed by atoms with E-state index in [4.69, 9.17) is 19.4 Å². The normalized spacial score (nSPS) is 13.9. The molecule has 2 amide bonds. The number of aliphatic carboxylic acids is 1. The fourth-order valence-corrected chi connectivity index (χ4v) is 3.99. The maximum atomic E-state index is 12.4. The van der Waals surface area contributed by atoms with Crippen LogP contribution in [0.5, 0.6) is 0 Å². The molecule has 0 radical (unpaired) electrons. The first-order chi connectivity index (χ1) is 16.4. The fourth-order valence-electron chi connectivity index (χ4n) is 3.99. The van der Waals surface area contributed by atoms with Crippen LogP contribution in [0, 0.1) is 5.92 Å². The number of carboxylic acids is 1. The Morgan fingerprint density at radius 3 is 2.21 bits per heavy atom. The Morgan fingerprint density at radius 1 is 1.03 bits per heavy atom. The zero-order valence-corrected chi connectivity index (χ0v) is 19.3. The van der Waals surface area contributed by atoms with Gasteiger partial charge in [0.1, 0.15) is 6.61 Å². The van der Waals surface area contributed by atoms with E-state index in [1.165, 1.54) is 7.11 Å². The number of rotatable bonds is 12. The molecule has 34 heavy (non-hydrogen) atoms. The summed E-state index contributed by atoms with van der Waals surface area (Å²) in [5.41, 5.74) is 6.71.